The number of nitrogens with zero attached hydrogens (tertiary/aromatic N) is 1. The summed E-state index contributed by atoms with van der Waals surface area (Å²) in [5.41, 5.74) is 6.40. The number of hydrogen-bond acceptors (Lipinski definition) is 5. The van der Waals surface area contributed by atoms with E-state index in [4.69, 9.17) is 10.8 Å². The molecule has 7 nitrogen and oxygen atoms in total. The highest BCUT2D eigenvalue weighted by Crippen LogP contribution is 2.30. The van der Waals surface area contributed by atoms with Crippen LogP contribution in [0.25, 0.3) is 0 Å². The summed E-state index contributed by atoms with van der Waals surface area (Å²) in [7, 11) is 0. The summed E-state index contributed by atoms with van der Waals surface area (Å²) in [6.45, 7) is 0. The monoisotopic (exact) mass is 309 g/mol. The molecule has 2 aromatic carbocycles. The van der Waals surface area contributed by atoms with Crippen molar-refractivity contribution in [1.82, 2.24) is 0 Å². The Morgan fingerprint density at radius 3 is 2.43 bits per heavy atom. The van der Waals surface area contributed by atoms with Gasteiger partial charge in [0, 0.05) is 6.07 Å². The van der Waals surface area contributed by atoms with E-state index >= 15 is 0 Å². The normalized spacial score (nSPS) is 9.52. The molecule has 0 bridgehead atoms. The van der Waals surface area contributed by atoms with Crippen LogP contribution in [-0.2, 0) is 0 Å². The lowest BCUT2D eigenvalue weighted by Gasteiger charge is -2.09. The summed E-state index contributed by atoms with van der Waals surface area (Å²) in [4.78, 5) is 21.2. The number of aromatic carboxylic acids is 1. The third-order valence-electron chi connectivity index (χ3n) is 2.67. The van der Waals surface area contributed by atoms with Crippen LogP contribution in [0, 0.1) is 10.1 Å². The number of hydrogen-bond donors (Lipinski definition) is 3. The van der Waals surface area contributed by atoms with Gasteiger partial charge in [-0.1, -0.05) is 12.1 Å². The number of para-hydroxylation sites is 2. The first-order valence-corrected chi connectivity index (χ1v) is 5.62. The Hall–Kier alpha value is -2.80. The number of nitro groups is 1. The molecule has 8 heteroatoms. The first-order chi connectivity index (χ1) is 9.49. The first kappa shape index (κ1) is 16.3. The van der Waals surface area contributed by atoms with Crippen LogP contribution >= 0.6 is 12.4 Å². The largest absolute Gasteiger partial charge is 0.478 e. The Labute approximate surface area is 126 Å². The van der Waals surface area contributed by atoms with Crippen molar-refractivity contribution in [3.63, 3.8) is 0 Å². The summed E-state index contributed by atoms with van der Waals surface area (Å²) in [5.74, 6) is -1.22. The molecule has 110 valence electrons. The van der Waals surface area contributed by atoms with Gasteiger partial charge in [0.1, 0.15) is 5.69 Å². The fourth-order valence-electron chi connectivity index (χ4n) is 1.68. The summed E-state index contributed by atoms with van der Waals surface area (Å²) >= 11 is 0. The molecule has 0 aliphatic heterocycles. The van der Waals surface area contributed by atoms with Crippen LogP contribution in [0.3, 0.4) is 0 Å². The van der Waals surface area contributed by atoms with E-state index in [0.717, 1.165) is 6.07 Å². The van der Waals surface area contributed by atoms with Gasteiger partial charge in [0.05, 0.1) is 21.9 Å². The minimum absolute atomic E-state index is 0. The lowest BCUT2D eigenvalue weighted by Crippen LogP contribution is -2.02. The number of rotatable bonds is 4. The third kappa shape index (κ3) is 3.61. The van der Waals surface area contributed by atoms with Crippen LogP contribution in [0.2, 0.25) is 0 Å². The van der Waals surface area contributed by atoms with Crippen molar-refractivity contribution < 1.29 is 14.8 Å². The molecule has 0 amide bonds. The number of nitrogen functional groups attached to an aromatic ring is 1. The van der Waals surface area contributed by atoms with Crippen molar-refractivity contribution in [3.05, 3.63) is 58.1 Å². The van der Waals surface area contributed by atoms with Crippen LogP contribution < -0.4 is 11.1 Å². The quantitative estimate of drug-likeness (QED) is 0.454. The molecule has 0 unspecified atom stereocenters. The number of nitrogens with two attached hydrogens (primary N) is 1. The van der Waals surface area contributed by atoms with Crippen LogP contribution in [0.5, 0.6) is 0 Å². The van der Waals surface area contributed by atoms with Gasteiger partial charge in [-0.25, -0.2) is 4.79 Å². The van der Waals surface area contributed by atoms with E-state index in [2.05, 4.69) is 5.32 Å². The molecule has 0 aliphatic rings. The number of carboxylic acids is 1. The van der Waals surface area contributed by atoms with Gasteiger partial charge in [0.15, 0.2) is 0 Å². The van der Waals surface area contributed by atoms with E-state index in [9.17, 15) is 14.9 Å². The molecule has 0 saturated heterocycles. The number of carbonyl (C=O) groups is 1. The van der Waals surface area contributed by atoms with Crippen molar-refractivity contribution in [2.45, 2.75) is 0 Å². The molecule has 4 N–H and O–H groups in total. The minimum Gasteiger partial charge on any atom is -0.478 e. The number of nitrogens with one attached hydrogen (secondary N) is 1. The Kier molecular flexibility index (Phi) is 5.09. The lowest BCUT2D eigenvalue weighted by atomic mass is 10.1. The average Bonchev–Trinajstić information content (AvgIpc) is 2.41. The second-order valence-corrected chi connectivity index (χ2v) is 4.01. The number of halogens is 1. The maximum atomic E-state index is 11.0. The van der Waals surface area contributed by atoms with Crippen LogP contribution in [0.15, 0.2) is 42.5 Å². The lowest BCUT2D eigenvalue weighted by molar-refractivity contribution is -0.383. The Bertz CT molecular complexity index is 691. The molecule has 21 heavy (non-hydrogen) atoms. The minimum atomic E-state index is -1.22. The number of carboxylic acid groups (broad SMARTS) is 1. The van der Waals surface area contributed by atoms with Crippen molar-refractivity contribution in [1.29, 1.82) is 0 Å². The zero-order chi connectivity index (χ0) is 14.7. The summed E-state index contributed by atoms with van der Waals surface area (Å²) in [5, 5.41) is 22.7. The Morgan fingerprint density at radius 1 is 1.19 bits per heavy atom. The molecule has 0 radical (unpaired) electrons. The predicted octanol–water partition coefficient (Wildman–Crippen LogP) is 3.04. The van der Waals surface area contributed by atoms with Crippen molar-refractivity contribution >= 4 is 41.1 Å². The van der Waals surface area contributed by atoms with Gasteiger partial charge in [0.2, 0.25) is 0 Å². The fourth-order valence-corrected chi connectivity index (χ4v) is 1.68. The first-order valence-electron chi connectivity index (χ1n) is 5.62. The summed E-state index contributed by atoms with van der Waals surface area (Å²) in [6.07, 6.45) is 0. The van der Waals surface area contributed by atoms with Gasteiger partial charge >= 0.3 is 5.97 Å². The van der Waals surface area contributed by atoms with Gasteiger partial charge in [-0.05, 0) is 24.3 Å². The molecule has 0 fully saturated rings. The molecule has 0 spiro atoms. The fraction of sp³-hybridized carbons (Fsp3) is 0. The highest BCUT2D eigenvalue weighted by atomic mass is 35.5. The maximum absolute atomic E-state index is 11.0. The number of nitro benzene ring substituents is 1. The van der Waals surface area contributed by atoms with Crippen LogP contribution in [0.4, 0.5) is 22.7 Å². The zero-order valence-corrected chi connectivity index (χ0v) is 11.5. The molecular weight excluding hydrogens is 298 g/mol. The number of anilines is 3. The highest BCUT2D eigenvalue weighted by Gasteiger charge is 2.17. The Balaban J connectivity index is 0.00000220. The van der Waals surface area contributed by atoms with E-state index in [1.54, 1.807) is 24.3 Å². The van der Waals surface area contributed by atoms with Gasteiger partial charge in [-0.2, -0.15) is 0 Å². The molecular formula is C13H12ClN3O4. The molecule has 2 rings (SSSR count). The van der Waals surface area contributed by atoms with Gasteiger partial charge in [-0.15, -0.1) is 12.4 Å². The van der Waals surface area contributed by atoms with Crippen molar-refractivity contribution in [2.75, 3.05) is 11.1 Å². The molecule has 0 saturated carbocycles. The smallest absolute Gasteiger partial charge is 0.335 e. The second-order valence-electron chi connectivity index (χ2n) is 4.01. The van der Waals surface area contributed by atoms with Gasteiger partial charge < -0.3 is 16.2 Å². The summed E-state index contributed by atoms with van der Waals surface area (Å²) < 4.78 is 0. The van der Waals surface area contributed by atoms with E-state index in [1.807, 2.05) is 0 Å². The van der Waals surface area contributed by atoms with Crippen LogP contribution in [-0.4, -0.2) is 16.0 Å². The second kappa shape index (κ2) is 6.58. The van der Waals surface area contributed by atoms with E-state index in [-0.39, 0.29) is 29.3 Å². The van der Waals surface area contributed by atoms with Gasteiger partial charge in [-0.3, -0.25) is 10.1 Å². The molecule has 0 atom stereocenters. The standard InChI is InChI=1S/C13H11N3O4.ClH/c14-9-3-1-2-4-10(9)15-11-6-5-8(13(17)18)7-12(11)16(19)20;/h1-7,15H,14H2,(H,17,18);1H. The van der Waals surface area contributed by atoms with E-state index in [1.165, 1.54) is 12.1 Å². The Morgan fingerprint density at radius 2 is 1.86 bits per heavy atom. The van der Waals surface area contributed by atoms with Crippen LogP contribution in [0.1, 0.15) is 10.4 Å². The molecule has 0 aliphatic carbocycles. The van der Waals surface area contributed by atoms with E-state index in [0.29, 0.717) is 11.4 Å². The molecule has 2 aromatic rings. The molecule has 0 aromatic heterocycles. The summed E-state index contributed by atoms with van der Waals surface area (Å²) in [6, 6.07) is 10.4. The van der Waals surface area contributed by atoms with Crippen molar-refractivity contribution in [2.24, 2.45) is 0 Å². The topological polar surface area (TPSA) is 118 Å². The maximum Gasteiger partial charge on any atom is 0.335 e. The zero-order valence-electron chi connectivity index (χ0n) is 10.6. The SMILES string of the molecule is Cl.Nc1ccccc1Nc1ccc(C(=O)O)cc1[N+](=O)[O-]. The molecule has 0 heterocycles. The number of benzene rings is 2. The predicted molar refractivity (Wildman–Crippen MR) is 81.4 cm³/mol. The van der Waals surface area contributed by atoms with Gasteiger partial charge in [0.25, 0.3) is 5.69 Å². The average molecular weight is 310 g/mol. The third-order valence-corrected chi connectivity index (χ3v) is 2.67. The highest BCUT2D eigenvalue weighted by molar-refractivity contribution is 5.90. The van der Waals surface area contributed by atoms with Crippen molar-refractivity contribution in [3.8, 4) is 0 Å². The van der Waals surface area contributed by atoms with E-state index < -0.39 is 10.9 Å².